The molecule has 2 unspecified atom stereocenters. The first-order chi connectivity index (χ1) is 18.6. The highest BCUT2D eigenvalue weighted by atomic mass is 16.7. The number of carbonyl (C=O) groups is 2. The Hall–Kier alpha value is -3.20. The van der Waals surface area contributed by atoms with Gasteiger partial charge in [0.1, 0.15) is 24.1 Å². The summed E-state index contributed by atoms with van der Waals surface area (Å²) in [6, 6.07) is 16.7. The molecule has 1 aliphatic carbocycles. The van der Waals surface area contributed by atoms with Crippen molar-refractivity contribution in [2.24, 2.45) is 11.8 Å². The van der Waals surface area contributed by atoms with Gasteiger partial charge in [0.05, 0.1) is 18.6 Å². The molecule has 0 spiro atoms. The first-order valence-corrected chi connectivity index (χ1v) is 13.4. The molecule has 0 aromatic heterocycles. The minimum atomic E-state index is -0.671. The minimum Gasteiger partial charge on any atom is -0.462 e. The quantitative estimate of drug-likeness (QED) is 0.388. The maximum absolute atomic E-state index is 12.9. The molecule has 8 nitrogen and oxygen atoms in total. The summed E-state index contributed by atoms with van der Waals surface area (Å²) in [5, 5.41) is 0. The van der Waals surface area contributed by atoms with E-state index in [2.05, 4.69) is 0 Å². The van der Waals surface area contributed by atoms with Crippen molar-refractivity contribution in [2.45, 2.75) is 69.6 Å². The second-order valence-electron chi connectivity index (χ2n) is 10.2. The summed E-state index contributed by atoms with van der Waals surface area (Å²) in [6.45, 7) is 1.06. The maximum atomic E-state index is 12.9. The fourth-order valence-corrected chi connectivity index (χ4v) is 5.73. The SMILES string of the molecule is O=C1C[C@@H]2[C@@H](/C=C/[C@@H](OC3CCCCO3)C3OCc4ccccc4O3)[C@H](OC(=O)c3ccccc3)C[C@@H]2O1. The first-order valence-electron chi connectivity index (χ1n) is 13.4. The van der Waals surface area contributed by atoms with Crippen LogP contribution in [0, 0.1) is 11.8 Å². The van der Waals surface area contributed by atoms with Crippen LogP contribution in [0.25, 0.3) is 0 Å². The second-order valence-corrected chi connectivity index (χ2v) is 10.2. The number of rotatable bonds is 7. The molecule has 0 radical (unpaired) electrons. The molecule has 200 valence electrons. The molecule has 2 aromatic rings. The molecule has 8 heteroatoms. The van der Waals surface area contributed by atoms with Gasteiger partial charge >= 0.3 is 11.9 Å². The standard InChI is InChI=1S/C30H32O8/c31-27-16-22-21(25(17-26(22)35-27)37-29(32)19-8-2-1-3-9-19)13-14-24(36-28-12-6-7-15-33-28)30-34-18-20-10-4-5-11-23(20)38-30/h1-5,8-11,13-14,21-22,24-26,28,30H,6-7,12,15-18H2/b14-13+/t21-,22-,24-,25-,26+,28?,30?/m1/s1. The summed E-state index contributed by atoms with van der Waals surface area (Å²) in [7, 11) is 0. The number of esters is 2. The Morgan fingerprint density at radius 2 is 1.84 bits per heavy atom. The largest absolute Gasteiger partial charge is 0.462 e. The summed E-state index contributed by atoms with van der Waals surface area (Å²) in [4.78, 5) is 24.9. The average Bonchev–Trinajstić information content (AvgIpc) is 3.47. The molecule has 7 atom stereocenters. The lowest BCUT2D eigenvalue weighted by Gasteiger charge is -2.34. The Labute approximate surface area is 221 Å². The van der Waals surface area contributed by atoms with Crippen molar-refractivity contribution in [3.05, 3.63) is 77.9 Å². The molecule has 0 amide bonds. The summed E-state index contributed by atoms with van der Waals surface area (Å²) < 4.78 is 35.9. The van der Waals surface area contributed by atoms with Crippen LogP contribution in [-0.2, 0) is 35.1 Å². The number of hydrogen-bond acceptors (Lipinski definition) is 8. The van der Waals surface area contributed by atoms with E-state index in [-0.39, 0.29) is 36.2 Å². The lowest BCUT2D eigenvalue weighted by Crippen LogP contribution is -2.41. The van der Waals surface area contributed by atoms with Crippen molar-refractivity contribution in [1.29, 1.82) is 0 Å². The number of hydrogen-bond donors (Lipinski definition) is 0. The lowest BCUT2D eigenvalue weighted by molar-refractivity contribution is -0.236. The average molecular weight is 521 g/mol. The smallest absolute Gasteiger partial charge is 0.338 e. The highest BCUT2D eigenvalue weighted by Gasteiger charge is 2.51. The van der Waals surface area contributed by atoms with Crippen molar-refractivity contribution in [2.75, 3.05) is 6.61 Å². The molecule has 2 aromatic carbocycles. The van der Waals surface area contributed by atoms with Crippen LogP contribution in [0.5, 0.6) is 5.75 Å². The minimum absolute atomic E-state index is 0.0761. The molecule has 4 aliphatic rings. The highest BCUT2D eigenvalue weighted by molar-refractivity contribution is 5.89. The summed E-state index contributed by atoms with van der Waals surface area (Å²) in [5.74, 6) is -0.133. The molecule has 3 heterocycles. The number of ether oxygens (including phenoxy) is 6. The van der Waals surface area contributed by atoms with E-state index in [9.17, 15) is 9.59 Å². The Morgan fingerprint density at radius 1 is 1.00 bits per heavy atom. The van der Waals surface area contributed by atoms with Gasteiger partial charge in [-0.05, 0) is 37.5 Å². The van der Waals surface area contributed by atoms with Crippen molar-refractivity contribution in [3.8, 4) is 5.75 Å². The summed E-state index contributed by atoms with van der Waals surface area (Å²) in [5.41, 5.74) is 1.47. The van der Waals surface area contributed by atoms with E-state index in [1.807, 2.05) is 42.5 Å². The number of fused-ring (bicyclic) bond motifs is 2. The summed E-state index contributed by atoms with van der Waals surface area (Å²) in [6.07, 6.45) is 5.19. The fourth-order valence-electron chi connectivity index (χ4n) is 5.73. The molecule has 1 saturated carbocycles. The molecule has 2 saturated heterocycles. The zero-order valence-electron chi connectivity index (χ0n) is 21.1. The molecule has 3 aliphatic heterocycles. The van der Waals surface area contributed by atoms with Crippen LogP contribution in [0.3, 0.4) is 0 Å². The van der Waals surface area contributed by atoms with Gasteiger partial charge in [0.2, 0.25) is 6.29 Å². The van der Waals surface area contributed by atoms with Gasteiger partial charge in [-0.1, -0.05) is 48.6 Å². The van der Waals surface area contributed by atoms with E-state index in [0.29, 0.717) is 31.6 Å². The predicted molar refractivity (Wildman–Crippen MR) is 135 cm³/mol. The molecule has 0 N–H and O–H groups in total. The van der Waals surface area contributed by atoms with E-state index >= 15 is 0 Å². The monoisotopic (exact) mass is 520 g/mol. The van der Waals surface area contributed by atoms with Gasteiger partial charge in [-0.3, -0.25) is 4.79 Å². The van der Waals surface area contributed by atoms with Crippen LogP contribution in [0.1, 0.15) is 48.0 Å². The van der Waals surface area contributed by atoms with Crippen molar-refractivity contribution in [1.82, 2.24) is 0 Å². The topological polar surface area (TPSA) is 89.5 Å². The van der Waals surface area contributed by atoms with Crippen LogP contribution in [0.2, 0.25) is 0 Å². The van der Waals surface area contributed by atoms with Crippen molar-refractivity contribution >= 4 is 11.9 Å². The highest BCUT2D eigenvalue weighted by Crippen LogP contribution is 2.44. The summed E-state index contributed by atoms with van der Waals surface area (Å²) >= 11 is 0. The van der Waals surface area contributed by atoms with E-state index in [0.717, 1.165) is 30.6 Å². The van der Waals surface area contributed by atoms with Gasteiger partial charge in [0, 0.05) is 30.4 Å². The van der Waals surface area contributed by atoms with Gasteiger partial charge in [-0.2, -0.15) is 0 Å². The molecule has 38 heavy (non-hydrogen) atoms. The van der Waals surface area contributed by atoms with Crippen LogP contribution in [0.15, 0.2) is 66.7 Å². The maximum Gasteiger partial charge on any atom is 0.338 e. The molecule has 0 bridgehead atoms. The third kappa shape index (κ3) is 5.48. The third-order valence-electron chi connectivity index (χ3n) is 7.68. The Morgan fingerprint density at radius 3 is 2.68 bits per heavy atom. The molecule has 6 rings (SSSR count). The van der Waals surface area contributed by atoms with Crippen LogP contribution in [-0.4, -0.2) is 49.4 Å². The van der Waals surface area contributed by atoms with Crippen LogP contribution in [0.4, 0.5) is 0 Å². The fraction of sp³-hybridized carbons (Fsp3) is 0.467. The third-order valence-corrected chi connectivity index (χ3v) is 7.68. The second kappa shape index (κ2) is 11.3. The van der Waals surface area contributed by atoms with Gasteiger partial charge in [0.25, 0.3) is 0 Å². The Bertz CT molecular complexity index is 1160. The van der Waals surface area contributed by atoms with Gasteiger partial charge in [0.15, 0.2) is 6.29 Å². The predicted octanol–water partition coefficient (Wildman–Crippen LogP) is 4.57. The van der Waals surface area contributed by atoms with E-state index in [1.165, 1.54) is 0 Å². The molecule has 3 fully saturated rings. The van der Waals surface area contributed by atoms with Gasteiger partial charge < -0.3 is 28.4 Å². The molecular weight excluding hydrogens is 488 g/mol. The lowest BCUT2D eigenvalue weighted by atomic mass is 9.91. The van der Waals surface area contributed by atoms with Crippen molar-refractivity contribution in [3.63, 3.8) is 0 Å². The molecular formula is C30H32O8. The number of carbonyl (C=O) groups excluding carboxylic acids is 2. The van der Waals surface area contributed by atoms with Gasteiger partial charge in [-0.25, -0.2) is 4.79 Å². The first kappa shape index (κ1) is 25.1. The Kier molecular flexibility index (Phi) is 7.44. The normalized spacial score (nSPS) is 31.2. The van der Waals surface area contributed by atoms with Crippen molar-refractivity contribution < 1.29 is 38.0 Å². The number of para-hydroxylation sites is 1. The number of benzene rings is 2. The van der Waals surface area contributed by atoms with E-state index < -0.39 is 18.5 Å². The van der Waals surface area contributed by atoms with Crippen LogP contribution < -0.4 is 4.74 Å². The zero-order valence-corrected chi connectivity index (χ0v) is 21.1. The van der Waals surface area contributed by atoms with Gasteiger partial charge in [-0.15, -0.1) is 0 Å². The van der Waals surface area contributed by atoms with E-state index in [4.69, 9.17) is 28.4 Å². The van der Waals surface area contributed by atoms with Crippen LogP contribution >= 0.6 is 0 Å². The van der Waals surface area contributed by atoms with E-state index in [1.54, 1.807) is 24.3 Å². The Balaban J connectivity index is 1.23. The zero-order chi connectivity index (χ0) is 25.9.